The first-order chi connectivity index (χ1) is 14.8. The Morgan fingerprint density at radius 1 is 1.16 bits per heavy atom. The summed E-state index contributed by atoms with van der Waals surface area (Å²) < 4.78 is 6.28. The van der Waals surface area contributed by atoms with Crippen molar-refractivity contribution in [1.82, 2.24) is 5.32 Å². The van der Waals surface area contributed by atoms with Crippen molar-refractivity contribution in [2.75, 3.05) is 33.8 Å². The highest BCUT2D eigenvalue weighted by Crippen LogP contribution is 2.45. The molecule has 1 aliphatic heterocycles. The minimum atomic E-state index is -1.05. The molecule has 6 nitrogen and oxygen atoms in total. The van der Waals surface area contributed by atoms with Crippen LogP contribution in [0.5, 0.6) is 0 Å². The van der Waals surface area contributed by atoms with Crippen molar-refractivity contribution in [3.63, 3.8) is 0 Å². The van der Waals surface area contributed by atoms with E-state index in [0.717, 1.165) is 22.3 Å². The molecule has 31 heavy (non-hydrogen) atoms. The molecule has 1 aliphatic carbocycles. The Labute approximate surface area is 182 Å². The Morgan fingerprint density at radius 3 is 2.19 bits per heavy atom. The number of ether oxygens (including phenoxy) is 1. The lowest BCUT2D eigenvalue weighted by Gasteiger charge is -2.55. The Kier molecular flexibility index (Phi) is 5.35. The van der Waals surface area contributed by atoms with Gasteiger partial charge in [0, 0.05) is 5.92 Å². The van der Waals surface area contributed by atoms with Crippen LogP contribution in [0.2, 0.25) is 0 Å². The van der Waals surface area contributed by atoms with Crippen molar-refractivity contribution < 1.29 is 23.9 Å². The minimum absolute atomic E-state index is 0.0668. The predicted molar refractivity (Wildman–Crippen MR) is 119 cm³/mol. The highest BCUT2D eigenvalue weighted by atomic mass is 16.5. The number of rotatable bonds is 7. The SMILES string of the molecule is C=CCC1([C@@H](NC(=O)OCC2c3ccccc3-c3ccccc32)C(=O)O)C[N+](C)(C)C1. The summed E-state index contributed by atoms with van der Waals surface area (Å²) in [6.07, 6.45) is 1.55. The molecule has 2 aliphatic rings. The van der Waals surface area contributed by atoms with Gasteiger partial charge in [-0.15, -0.1) is 6.58 Å². The number of carboxylic acids is 1. The molecule has 0 aromatic heterocycles. The fourth-order valence-corrected chi connectivity index (χ4v) is 5.61. The average Bonchev–Trinajstić information content (AvgIpc) is 3.03. The van der Waals surface area contributed by atoms with E-state index in [0.29, 0.717) is 24.0 Å². The summed E-state index contributed by atoms with van der Waals surface area (Å²) in [5.41, 5.74) is 3.98. The van der Waals surface area contributed by atoms with Gasteiger partial charge in [-0.25, -0.2) is 9.59 Å². The molecule has 0 radical (unpaired) electrons. The van der Waals surface area contributed by atoms with Gasteiger partial charge in [-0.1, -0.05) is 54.6 Å². The van der Waals surface area contributed by atoms with Gasteiger partial charge in [-0.05, 0) is 28.7 Å². The van der Waals surface area contributed by atoms with Gasteiger partial charge in [0.15, 0.2) is 0 Å². The van der Waals surface area contributed by atoms with Crippen LogP contribution >= 0.6 is 0 Å². The molecule has 2 aromatic carbocycles. The van der Waals surface area contributed by atoms with Gasteiger partial charge < -0.3 is 19.6 Å². The van der Waals surface area contributed by atoms with Crippen molar-refractivity contribution in [2.24, 2.45) is 5.41 Å². The number of allylic oxidation sites excluding steroid dienone is 1. The Hall–Kier alpha value is -3.12. The minimum Gasteiger partial charge on any atom is -0.480 e. The van der Waals surface area contributed by atoms with Gasteiger partial charge >= 0.3 is 12.1 Å². The quantitative estimate of drug-likeness (QED) is 0.529. The van der Waals surface area contributed by atoms with Gasteiger partial charge in [-0.2, -0.15) is 0 Å². The molecule has 0 saturated carbocycles. The summed E-state index contributed by atoms with van der Waals surface area (Å²) in [5, 5.41) is 12.5. The van der Waals surface area contributed by atoms with E-state index in [4.69, 9.17) is 4.74 Å². The Balaban J connectivity index is 1.48. The zero-order valence-corrected chi connectivity index (χ0v) is 18.0. The fraction of sp³-hybridized carbons (Fsp3) is 0.360. The zero-order chi connectivity index (χ0) is 22.2. The summed E-state index contributed by atoms with van der Waals surface area (Å²) >= 11 is 0. The number of quaternary nitrogens is 1. The van der Waals surface area contributed by atoms with E-state index in [1.165, 1.54) is 0 Å². The molecule has 1 saturated heterocycles. The monoisotopic (exact) mass is 421 g/mol. The molecule has 162 valence electrons. The van der Waals surface area contributed by atoms with E-state index in [1.54, 1.807) is 6.08 Å². The number of nitrogens with zero attached hydrogens (tertiary/aromatic N) is 1. The van der Waals surface area contributed by atoms with Crippen LogP contribution in [-0.2, 0) is 9.53 Å². The number of hydrogen-bond donors (Lipinski definition) is 2. The number of benzene rings is 2. The number of carboxylic acid groups (broad SMARTS) is 1. The van der Waals surface area contributed by atoms with E-state index in [9.17, 15) is 14.7 Å². The molecule has 2 N–H and O–H groups in total. The molecule has 1 amide bonds. The Morgan fingerprint density at radius 2 is 1.71 bits per heavy atom. The molecular weight excluding hydrogens is 392 g/mol. The number of hydrogen-bond acceptors (Lipinski definition) is 3. The molecular formula is C25H29N2O4+. The van der Waals surface area contributed by atoms with Crippen LogP contribution in [0.25, 0.3) is 11.1 Å². The average molecular weight is 422 g/mol. The third kappa shape index (κ3) is 3.83. The second-order valence-corrected chi connectivity index (χ2v) is 9.35. The van der Waals surface area contributed by atoms with Crippen LogP contribution in [0.1, 0.15) is 23.5 Å². The largest absolute Gasteiger partial charge is 0.480 e. The van der Waals surface area contributed by atoms with Crippen molar-refractivity contribution in [2.45, 2.75) is 18.4 Å². The number of alkyl carbamates (subject to hydrolysis) is 1. The number of aliphatic carboxylic acids is 1. The lowest BCUT2D eigenvalue weighted by molar-refractivity contribution is -0.950. The van der Waals surface area contributed by atoms with Crippen molar-refractivity contribution in [3.05, 3.63) is 72.3 Å². The standard InChI is InChI=1S/C25H28N2O4/c1-4-13-25(15-27(2,3)16-25)22(23(28)29)26-24(30)31-14-21-19-11-7-5-9-17(19)18-10-6-8-12-20(18)21/h4-12,21-22H,1,13-16H2,2-3H3,(H-,26,28,29,30)/p+1/t22-/m0/s1. The highest BCUT2D eigenvalue weighted by Gasteiger charge is 2.58. The summed E-state index contributed by atoms with van der Waals surface area (Å²) in [6, 6.07) is 15.2. The molecule has 1 heterocycles. The summed E-state index contributed by atoms with van der Waals surface area (Å²) in [6.45, 7) is 5.24. The molecule has 0 bridgehead atoms. The molecule has 0 unspecified atom stereocenters. The lowest BCUT2D eigenvalue weighted by atomic mass is 9.69. The van der Waals surface area contributed by atoms with E-state index in [1.807, 2.05) is 38.4 Å². The maximum atomic E-state index is 12.7. The maximum absolute atomic E-state index is 12.7. The zero-order valence-electron chi connectivity index (χ0n) is 18.0. The van der Waals surface area contributed by atoms with E-state index >= 15 is 0 Å². The van der Waals surface area contributed by atoms with Crippen LogP contribution in [-0.4, -0.2) is 61.5 Å². The van der Waals surface area contributed by atoms with Crippen molar-refractivity contribution in [3.8, 4) is 11.1 Å². The fourth-order valence-electron chi connectivity index (χ4n) is 5.61. The van der Waals surface area contributed by atoms with Gasteiger partial charge in [-0.3, -0.25) is 0 Å². The molecule has 0 spiro atoms. The number of carbonyl (C=O) groups is 2. The highest BCUT2D eigenvalue weighted by molar-refractivity contribution is 5.82. The maximum Gasteiger partial charge on any atom is 0.407 e. The smallest absolute Gasteiger partial charge is 0.407 e. The lowest BCUT2D eigenvalue weighted by Crippen LogP contribution is -2.73. The predicted octanol–water partition coefficient (Wildman–Crippen LogP) is 3.63. The topological polar surface area (TPSA) is 75.6 Å². The molecule has 1 fully saturated rings. The van der Waals surface area contributed by atoms with Crippen LogP contribution in [0.3, 0.4) is 0 Å². The van der Waals surface area contributed by atoms with Gasteiger partial charge in [0.05, 0.1) is 27.2 Å². The van der Waals surface area contributed by atoms with Crippen LogP contribution in [0, 0.1) is 5.41 Å². The van der Waals surface area contributed by atoms with Crippen LogP contribution in [0.15, 0.2) is 61.2 Å². The van der Waals surface area contributed by atoms with E-state index in [-0.39, 0.29) is 12.5 Å². The summed E-state index contributed by atoms with van der Waals surface area (Å²) in [7, 11) is 4.10. The third-order valence-corrected chi connectivity index (χ3v) is 6.50. The second kappa shape index (κ2) is 7.85. The molecule has 6 heteroatoms. The van der Waals surface area contributed by atoms with Crippen molar-refractivity contribution >= 4 is 12.1 Å². The van der Waals surface area contributed by atoms with Gasteiger partial charge in [0.25, 0.3) is 0 Å². The van der Waals surface area contributed by atoms with Gasteiger partial charge in [0.1, 0.15) is 18.1 Å². The third-order valence-electron chi connectivity index (χ3n) is 6.50. The number of amides is 1. The van der Waals surface area contributed by atoms with E-state index < -0.39 is 23.5 Å². The first kappa shape index (κ1) is 21.1. The second-order valence-electron chi connectivity index (χ2n) is 9.35. The van der Waals surface area contributed by atoms with Crippen molar-refractivity contribution in [1.29, 1.82) is 0 Å². The first-order valence-electron chi connectivity index (χ1n) is 10.5. The first-order valence-corrected chi connectivity index (χ1v) is 10.5. The number of fused-ring (bicyclic) bond motifs is 3. The van der Waals surface area contributed by atoms with Crippen LogP contribution < -0.4 is 5.32 Å². The van der Waals surface area contributed by atoms with Gasteiger partial charge in [0.2, 0.25) is 0 Å². The number of nitrogens with one attached hydrogen (secondary N) is 1. The molecule has 1 atom stereocenters. The normalized spacial score (nSPS) is 18.8. The molecule has 4 rings (SSSR count). The summed E-state index contributed by atoms with van der Waals surface area (Å²) in [4.78, 5) is 24.7. The Bertz CT molecular complexity index is 976. The van der Waals surface area contributed by atoms with E-state index in [2.05, 4.69) is 36.2 Å². The molecule has 2 aromatic rings. The van der Waals surface area contributed by atoms with Crippen LogP contribution in [0.4, 0.5) is 4.79 Å². The summed E-state index contributed by atoms with van der Waals surface area (Å²) in [5.74, 6) is -1.11. The number of likely N-dealkylation sites (tertiary alicyclic amines) is 1. The number of carbonyl (C=O) groups excluding carboxylic acids is 1.